The number of nitrogens with one attached hydrogen (secondary N) is 1. The maximum atomic E-state index is 10.8. The lowest BCUT2D eigenvalue weighted by atomic mass is 10.6. The van der Waals surface area contributed by atoms with Crippen molar-refractivity contribution in [2.24, 2.45) is 0 Å². The predicted octanol–water partition coefficient (Wildman–Crippen LogP) is -0.360. The van der Waals surface area contributed by atoms with Crippen molar-refractivity contribution in [2.75, 3.05) is 26.7 Å². The van der Waals surface area contributed by atoms with E-state index in [9.17, 15) is 4.79 Å². The molecule has 2 N–H and O–H groups in total. The van der Waals surface area contributed by atoms with E-state index in [4.69, 9.17) is 5.11 Å². The SMILES string of the molecule is CCNC(=O)N(C)CCO. The summed E-state index contributed by atoms with van der Waals surface area (Å²) in [7, 11) is 1.64. The van der Waals surface area contributed by atoms with E-state index in [1.165, 1.54) is 4.90 Å². The molecule has 60 valence electrons. The first-order valence-electron chi connectivity index (χ1n) is 3.32. The van der Waals surface area contributed by atoms with E-state index in [2.05, 4.69) is 5.32 Å². The van der Waals surface area contributed by atoms with Crippen molar-refractivity contribution in [1.82, 2.24) is 10.2 Å². The van der Waals surface area contributed by atoms with Crippen molar-refractivity contribution in [2.45, 2.75) is 6.92 Å². The average Bonchev–Trinajstić information content (AvgIpc) is 1.89. The third kappa shape index (κ3) is 3.29. The van der Waals surface area contributed by atoms with Crippen molar-refractivity contribution in [3.05, 3.63) is 0 Å². The molecular formula is C6H14N2O2. The first kappa shape index (κ1) is 9.23. The van der Waals surface area contributed by atoms with Gasteiger partial charge in [-0.1, -0.05) is 0 Å². The molecule has 2 amide bonds. The zero-order chi connectivity index (χ0) is 7.98. The molecule has 0 aliphatic carbocycles. The molecule has 0 fully saturated rings. The molecule has 0 rings (SSSR count). The van der Waals surface area contributed by atoms with E-state index < -0.39 is 0 Å². The van der Waals surface area contributed by atoms with E-state index in [-0.39, 0.29) is 12.6 Å². The molecule has 10 heavy (non-hydrogen) atoms. The van der Waals surface area contributed by atoms with Gasteiger partial charge in [-0.25, -0.2) is 4.79 Å². The summed E-state index contributed by atoms with van der Waals surface area (Å²) in [5, 5.41) is 11.0. The molecule has 4 nitrogen and oxygen atoms in total. The van der Waals surface area contributed by atoms with E-state index in [0.717, 1.165) is 0 Å². The number of aliphatic hydroxyl groups excluding tert-OH is 1. The molecule has 0 atom stereocenters. The van der Waals surface area contributed by atoms with Gasteiger partial charge in [-0.05, 0) is 6.92 Å². The number of likely N-dealkylation sites (N-methyl/N-ethyl adjacent to an activating group) is 1. The summed E-state index contributed by atoms with van der Waals surface area (Å²) in [6.45, 7) is 2.86. The fourth-order valence-electron chi connectivity index (χ4n) is 0.538. The normalized spacial score (nSPS) is 9.10. The lowest BCUT2D eigenvalue weighted by Crippen LogP contribution is -2.38. The van der Waals surface area contributed by atoms with Gasteiger partial charge in [-0.15, -0.1) is 0 Å². The summed E-state index contributed by atoms with van der Waals surface area (Å²) in [6.07, 6.45) is 0. The molecule has 0 aromatic rings. The first-order chi connectivity index (χ1) is 4.72. The van der Waals surface area contributed by atoms with Crippen LogP contribution in [0.15, 0.2) is 0 Å². The molecule has 0 radical (unpaired) electrons. The Labute approximate surface area is 60.8 Å². The molecule has 0 aromatic heterocycles. The number of hydrogen-bond acceptors (Lipinski definition) is 2. The number of carbonyl (C=O) groups excluding carboxylic acids is 1. The van der Waals surface area contributed by atoms with Crippen molar-refractivity contribution >= 4 is 6.03 Å². The number of nitrogens with zero attached hydrogens (tertiary/aromatic N) is 1. The van der Waals surface area contributed by atoms with Gasteiger partial charge in [0.05, 0.1) is 6.61 Å². The van der Waals surface area contributed by atoms with Gasteiger partial charge in [-0.3, -0.25) is 0 Å². The average molecular weight is 146 g/mol. The second-order valence-electron chi connectivity index (χ2n) is 1.98. The third-order valence-corrected chi connectivity index (χ3v) is 1.11. The number of urea groups is 1. The standard InChI is InChI=1S/C6H14N2O2/c1-3-7-6(10)8(2)4-5-9/h9H,3-5H2,1-2H3,(H,7,10). The van der Waals surface area contributed by atoms with E-state index in [0.29, 0.717) is 13.1 Å². The highest BCUT2D eigenvalue weighted by molar-refractivity contribution is 5.73. The summed E-state index contributed by atoms with van der Waals surface area (Å²) in [5.41, 5.74) is 0. The molecule has 0 spiro atoms. The van der Waals surface area contributed by atoms with E-state index in [1.54, 1.807) is 7.05 Å². The number of amides is 2. The number of aliphatic hydroxyl groups is 1. The maximum Gasteiger partial charge on any atom is 0.317 e. The fourth-order valence-corrected chi connectivity index (χ4v) is 0.538. The van der Waals surface area contributed by atoms with Crippen LogP contribution in [0.5, 0.6) is 0 Å². The Morgan fingerprint density at radius 1 is 1.70 bits per heavy atom. The van der Waals surface area contributed by atoms with Crippen LogP contribution in [0.3, 0.4) is 0 Å². The second-order valence-corrected chi connectivity index (χ2v) is 1.98. The second kappa shape index (κ2) is 5.05. The van der Waals surface area contributed by atoms with Gasteiger partial charge in [0.25, 0.3) is 0 Å². The molecular weight excluding hydrogens is 132 g/mol. The topological polar surface area (TPSA) is 52.6 Å². The Bertz CT molecular complexity index is 106. The van der Waals surface area contributed by atoms with Gasteiger partial charge in [0, 0.05) is 20.1 Å². The zero-order valence-corrected chi connectivity index (χ0v) is 6.42. The van der Waals surface area contributed by atoms with Crippen molar-refractivity contribution in [1.29, 1.82) is 0 Å². The number of rotatable bonds is 3. The minimum atomic E-state index is -0.142. The minimum Gasteiger partial charge on any atom is -0.395 e. The molecule has 4 heteroatoms. The maximum absolute atomic E-state index is 10.8. The summed E-state index contributed by atoms with van der Waals surface area (Å²) in [6, 6.07) is -0.142. The Morgan fingerprint density at radius 3 is 2.70 bits per heavy atom. The molecule has 0 saturated heterocycles. The molecule has 0 unspecified atom stereocenters. The Morgan fingerprint density at radius 2 is 2.30 bits per heavy atom. The van der Waals surface area contributed by atoms with Crippen molar-refractivity contribution < 1.29 is 9.90 Å². The van der Waals surface area contributed by atoms with Gasteiger partial charge >= 0.3 is 6.03 Å². The largest absolute Gasteiger partial charge is 0.395 e. The van der Waals surface area contributed by atoms with Gasteiger partial charge in [0.15, 0.2) is 0 Å². The van der Waals surface area contributed by atoms with Gasteiger partial charge < -0.3 is 15.3 Å². The quantitative estimate of drug-likeness (QED) is 0.571. The van der Waals surface area contributed by atoms with Crippen LogP contribution in [0.4, 0.5) is 4.79 Å². The van der Waals surface area contributed by atoms with Crippen LogP contribution in [-0.2, 0) is 0 Å². The molecule has 0 saturated carbocycles. The molecule has 0 aliphatic heterocycles. The van der Waals surface area contributed by atoms with Gasteiger partial charge in [-0.2, -0.15) is 0 Å². The van der Waals surface area contributed by atoms with Crippen LogP contribution < -0.4 is 5.32 Å². The van der Waals surface area contributed by atoms with E-state index in [1.807, 2.05) is 6.92 Å². The van der Waals surface area contributed by atoms with Crippen molar-refractivity contribution in [3.8, 4) is 0 Å². The molecule has 0 bridgehead atoms. The third-order valence-electron chi connectivity index (χ3n) is 1.11. The minimum absolute atomic E-state index is 0.00757. The predicted molar refractivity (Wildman–Crippen MR) is 38.8 cm³/mol. The summed E-state index contributed by atoms with van der Waals surface area (Å²) in [5.74, 6) is 0. The highest BCUT2D eigenvalue weighted by atomic mass is 16.3. The summed E-state index contributed by atoms with van der Waals surface area (Å²) < 4.78 is 0. The van der Waals surface area contributed by atoms with Gasteiger partial charge in [0.1, 0.15) is 0 Å². The Hall–Kier alpha value is -0.770. The van der Waals surface area contributed by atoms with Crippen LogP contribution >= 0.6 is 0 Å². The zero-order valence-electron chi connectivity index (χ0n) is 6.42. The van der Waals surface area contributed by atoms with Gasteiger partial charge in [0.2, 0.25) is 0 Å². The summed E-state index contributed by atoms with van der Waals surface area (Å²) in [4.78, 5) is 12.3. The van der Waals surface area contributed by atoms with Crippen LogP contribution in [0.2, 0.25) is 0 Å². The first-order valence-corrected chi connectivity index (χ1v) is 3.32. The summed E-state index contributed by atoms with van der Waals surface area (Å²) >= 11 is 0. The molecule has 0 aromatic carbocycles. The number of hydrogen-bond donors (Lipinski definition) is 2. The highest BCUT2D eigenvalue weighted by Crippen LogP contribution is 1.80. The van der Waals surface area contributed by atoms with Crippen LogP contribution in [0, 0.1) is 0 Å². The monoisotopic (exact) mass is 146 g/mol. The van der Waals surface area contributed by atoms with Crippen LogP contribution in [0.25, 0.3) is 0 Å². The fraction of sp³-hybridized carbons (Fsp3) is 0.833. The lowest BCUT2D eigenvalue weighted by molar-refractivity contribution is 0.191. The van der Waals surface area contributed by atoms with Crippen molar-refractivity contribution in [3.63, 3.8) is 0 Å². The van der Waals surface area contributed by atoms with Crippen LogP contribution in [0.1, 0.15) is 6.92 Å². The Kier molecular flexibility index (Phi) is 4.66. The van der Waals surface area contributed by atoms with Crippen LogP contribution in [-0.4, -0.2) is 42.8 Å². The lowest BCUT2D eigenvalue weighted by Gasteiger charge is -2.15. The highest BCUT2D eigenvalue weighted by Gasteiger charge is 2.03. The van der Waals surface area contributed by atoms with E-state index >= 15 is 0 Å². The number of carbonyl (C=O) groups is 1. The molecule has 0 aliphatic rings. The Balaban J connectivity index is 3.49. The molecule has 0 heterocycles. The smallest absolute Gasteiger partial charge is 0.317 e.